The van der Waals surface area contributed by atoms with Gasteiger partial charge in [0.05, 0.1) is 6.61 Å². The van der Waals surface area contributed by atoms with Gasteiger partial charge in [0.25, 0.3) is 5.91 Å². The summed E-state index contributed by atoms with van der Waals surface area (Å²) < 4.78 is 11.0. The molecule has 0 saturated carbocycles. The Labute approximate surface area is 145 Å². The van der Waals surface area contributed by atoms with E-state index in [9.17, 15) is 4.79 Å². The van der Waals surface area contributed by atoms with Gasteiger partial charge in [0, 0.05) is 36.7 Å². The van der Waals surface area contributed by atoms with E-state index in [4.69, 9.17) is 20.8 Å². The third-order valence-electron chi connectivity index (χ3n) is 3.84. The molecule has 0 fully saturated rings. The number of hydrogen-bond donors (Lipinski definition) is 0. The lowest BCUT2D eigenvalue weighted by Crippen LogP contribution is -2.26. The van der Waals surface area contributed by atoms with Gasteiger partial charge in [-0.05, 0) is 23.8 Å². The van der Waals surface area contributed by atoms with Crippen LogP contribution < -0.4 is 0 Å². The number of para-hydroxylation sites is 1. The van der Waals surface area contributed by atoms with Crippen LogP contribution in [0, 0.1) is 0 Å². The Kier molecular flexibility index (Phi) is 4.88. The highest BCUT2D eigenvalue weighted by Crippen LogP contribution is 2.27. The molecule has 1 aromatic heterocycles. The number of rotatable bonds is 5. The minimum Gasteiger partial charge on any atom is -0.451 e. The van der Waals surface area contributed by atoms with E-state index in [-0.39, 0.29) is 5.91 Å². The number of hydrogen-bond acceptors (Lipinski definition) is 3. The summed E-state index contributed by atoms with van der Waals surface area (Å²) >= 11 is 6.01. The van der Waals surface area contributed by atoms with Gasteiger partial charge in [0.1, 0.15) is 5.58 Å². The minimum absolute atomic E-state index is 0.182. The van der Waals surface area contributed by atoms with Gasteiger partial charge in [0.15, 0.2) is 5.76 Å². The molecule has 0 spiro atoms. The highest BCUT2D eigenvalue weighted by Gasteiger charge is 2.23. The molecule has 0 N–H and O–H groups in total. The van der Waals surface area contributed by atoms with Crippen molar-refractivity contribution in [2.75, 3.05) is 14.2 Å². The Bertz CT molecular complexity index is 872. The molecule has 2 aromatic carbocycles. The number of halogens is 1. The molecule has 1 amide bonds. The average Bonchev–Trinajstić information content (AvgIpc) is 2.93. The maximum absolute atomic E-state index is 12.8. The molecule has 0 saturated heterocycles. The standard InChI is InChI=1S/C19H18ClNO3/c1-21(11-13-6-5-7-14(20)10-13)19(22)18-16(12-23-2)15-8-3-4-9-17(15)24-18/h3-10H,11-12H2,1-2H3. The van der Waals surface area contributed by atoms with Crippen molar-refractivity contribution in [3.05, 3.63) is 70.4 Å². The second kappa shape index (κ2) is 7.07. The number of carbonyl (C=O) groups excluding carboxylic acids is 1. The van der Waals surface area contributed by atoms with Gasteiger partial charge in [0.2, 0.25) is 0 Å². The molecule has 124 valence electrons. The summed E-state index contributed by atoms with van der Waals surface area (Å²) in [7, 11) is 3.35. The number of methoxy groups -OCH3 is 1. The first kappa shape index (κ1) is 16.6. The summed E-state index contributed by atoms with van der Waals surface area (Å²) in [6.07, 6.45) is 0. The lowest BCUT2D eigenvalue weighted by molar-refractivity contribution is 0.0749. The molecular weight excluding hydrogens is 326 g/mol. The lowest BCUT2D eigenvalue weighted by Gasteiger charge is -2.16. The molecule has 0 bridgehead atoms. The van der Waals surface area contributed by atoms with Gasteiger partial charge < -0.3 is 14.1 Å². The molecule has 0 aliphatic rings. The summed E-state index contributed by atoms with van der Waals surface area (Å²) in [6.45, 7) is 0.770. The zero-order valence-electron chi connectivity index (χ0n) is 13.6. The van der Waals surface area contributed by atoms with Gasteiger partial charge in [-0.15, -0.1) is 0 Å². The third-order valence-corrected chi connectivity index (χ3v) is 4.07. The fourth-order valence-corrected chi connectivity index (χ4v) is 2.93. The molecule has 0 radical (unpaired) electrons. The van der Waals surface area contributed by atoms with Gasteiger partial charge in [-0.1, -0.05) is 41.9 Å². The monoisotopic (exact) mass is 343 g/mol. The van der Waals surface area contributed by atoms with Crippen LogP contribution in [0.15, 0.2) is 52.9 Å². The smallest absolute Gasteiger partial charge is 0.290 e. The first-order chi connectivity index (χ1) is 11.6. The van der Waals surface area contributed by atoms with Gasteiger partial charge in [-0.2, -0.15) is 0 Å². The van der Waals surface area contributed by atoms with E-state index >= 15 is 0 Å². The van der Waals surface area contributed by atoms with Crippen LogP contribution in [0.1, 0.15) is 21.7 Å². The molecule has 24 heavy (non-hydrogen) atoms. The Morgan fingerprint density at radius 2 is 2.00 bits per heavy atom. The number of benzene rings is 2. The van der Waals surface area contributed by atoms with Crippen LogP contribution in [0.4, 0.5) is 0 Å². The molecular formula is C19H18ClNO3. The van der Waals surface area contributed by atoms with E-state index < -0.39 is 0 Å². The highest BCUT2D eigenvalue weighted by atomic mass is 35.5. The van der Waals surface area contributed by atoms with Crippen LogP contribution in [-0.4, -0.2) is 25.0 Å². The molecule has 0 aliphatic carbocycles. The number of nitrogens with zero attached hydrogens (tertiary/aromatic N) is 1. The summed E-state index contributed by atoms with van der Waals surface area (Å²) in [5, 5.41) is 1.55. The van der Waals surface area contributed by atoms with Crippen molar-refractivity contribution in [3.8, 4) is 0 Å². The Balaban J connectivity index is 1.91. The van der Waals surface area contributed by atoms with Crippen LogP contribution in [0.5, 0.6) is 0 Å². The van der Waals surface area contributed by atoms with Crippen LogP contribution in [-0.2, 0) is 17.9 Å². The molecule has 4 nitrogen and oxygen atoms in total. The van der Waals surface area contributed by atoms with E-state index in [1.165, 1.54) is 0 Å². The van der Waals surface area contributed by atoms with Crippen molar-refractivity contribution in [2.45, 2.75) is 13.2 Å². The van der Waals surface area contributed by atoms with Crippen molar-refractivity contribution in [3.63, 3.8) is 0 Å². The van der Waals surface area contributed by atoms with Crippen molar-refractivity contribution in [2.24, 2.45) is 0 Å². The fourth-order valence-electron chi connectivity index (χ4n) is 2.71. The number of furan rings is 1. The first-order valence-electron chi connectivity index (χ1n) is 7.59. The van der Waals surface area contributed by atoms with E-state index in [1.807, 2.05) is 48.5 Å². The molecule has 0 aliphatic heterocycles. The topological polar surface area (TPSA) is 42.7 Å². The highest BCUT2D eigenvalue weighted by molar-refractivity contribution is 6.30. The quantitative estimate of drug-likeness (QED) is 0.684. The van der Waals surface area contributed by atoms with E-state index in [1.54, 1.807) is 19.1 Å². The fraction of sp³-hybridized carbons (Fsp3) is 0.211. The third kappa shape index (κ3) is 3.30. The second-order valence-corrected chi connectivity index (χ2v) is 6.07. The summed E-state index contributed by atoms with van der Waals surface area (Å²) in [5.74, 6) is 0.140. The Morgan fingerprint density at radius 3 is 2.75 bits per heavy atom. The predicted molar refractivity (Wildman–Crippen MR) is 94.2 cm³/mol. The SMILES string of the molecule is COCc1c(C(=O)N(C)Cc2cccc(Cl)c2)oc2ccccc12. The van der Waals surface area contributed by atoms with Crippen LogP contribution in [0.2, 0.25) is 5.02 Å². The molecule has 5 heteroatoms. The zero-order valence-corrected chi connectivity index (χ0v) is 14.3. The molecule has 3 rings (SSSR count). The zero-order chi connectivity index (χ0) is 17.1. The predicted octanol–water partition coefficient (Wildman–Crippen LogP) is 4.50. The van der Waals surface area contributed by atoms with Crippen molar-refractivity contribution < 1.29 is 13.9 Å². The maximum atomic E-state index is 12.8. The second-order valence-electron chi connectivity index (χ2n) is 5.63. The Hall–Kier alpha value is -2.30. The Morgan fingerprint density at radius 1 is 1.21 bits per heavy atom. The minimum atomic E-state index is -0.182. The normalized spacial score (nSPS) is 11.0. The molecule has 1 heterocycles. The van der Waals surface area contributed by atoms with Gasteiger partial charge in [-0.25, -0.2) is 0 Å². The molecule has 0 atom stereocenters. The van der Waals surface area contributed by atoms with Crippen LogP contribution in [0.25, 0.3) is 11.0 Å². The number of ether oxygens (including phenoxy) is 1. The lowest BCUT2D eigenvalue weighted by atomic mass is 10.1. The summed E-state index contributed by atoms with van der Waals surface area (Å²) in [6, 6.07) is 15.0. The van der Waals surface area contributed by atoms with Gasteiger partial charge >= 0.3 is 0 Å². The van der Waals surface area contributed by atoms with Gasteiger partial charge in [-0.3, -0.25) is 4.79 Å². The summed E-state index contributed by atoms with van der Waals surface area (Å²) in [5.41, 5.74) is 2.42. The van der Waals surface area contributed by atoms with Crippen molar-refractivity contribution in [1.82, 2.24) is 4.90 Å². The van der Waals surface area contributed by atoms with E-state index in [0.717, 1.165) is 16.5 Å². The summed E-state index contributed by atoms with van der Waals surface area (Å²) in [4.78, 5) is 14.5. The molecule has 0 unspecified atom stereocenters. The maximum Gasteiger partial charge on any atom is 0.290 e. The number of amides is 1. The first-order valence-corrected chi connectivity index (χ1v) is 7.97. The van der Waals surface area contributed by atoms with E-state index in [2.05, 4.69) is 0 Å². The van der Waals surface area contributed by atoms with E-state index in [0.29, 0.717) is 29.5 Å². The van der Waals surface area contributed by atoms with Crippen LogP contribution in [0.3, 0.4) is 0 Å². The van der Waals surface area contributed by atoms with Crippen molar-refractivity contribution >= 4 is 28.5 Å². The number of fused-ring (bicyclic) bond motifs is 1. The number of carbonyl (C=O) groups is 1. The van der Waals surface area contributed by atoms with Crippen LogP contribution >= 0.6 is 11.6 Å². The van der Waals surface area contributed by atoms with Crippen molar-refractivity contribution in [1.29, 1.82) is 0 Å². The largest absolute Gasteiger partial charge is 0.451 e. The molecule has 3 aromatic rings. The average molecular weight is 344 g/mol.